The number of nitriles is 1. The van der Waals surface area contributed by atoms with Crippen molar-refractivity contribution in [3.05, 3.63) is 74.9 Å². The standard InChI is InChI=1S/C39H43N5O4.Ni/c1-9-25-24(6)38-29(12-11-17-40)39-26(10-2)21(3)32(43-39)18-30-22(4)27(13-15-36(45)47-7)34(41-30)20-35-28(14-16-37(46)48-8)23(5)31(42-35)19-33(25)44-38;/h11-12,18-20,42-43H,9-10,13-16H2,1-8H3;. The van der Waals surface area contributed by atoms with Crippen LogP contribution in [0.5, 0.6) is 0 Å². The minimum Gasteiger partial charge on any atom is -0.469 e. The van der Waals surface area contributed by atoms with Crippen LogP contribution >= 0.6 is 0 Å². The van der Waals surface area contributed by atoms with Gasteiger partial charge < -0.3 is 19.4 Å². The maximum absolute atomic E-state index is 12.3. The first kappa shape index (κ1) is 37.1. The van der Waals surface area contributed by atoms with E-state index in [9.17, 15) is 14.9 Å². The molecule has 0 aromatic carbocycles. The van der Waals surface area contributed by atoms with Crippen LogP contribution in [0, 0.1) is 25.2 Å². The number of nitrogens with one attached hydrogen (secondary N) is 2. The van der Waals surface area contributed by atoms with E-state index in [1.165, 1.54) is 20.3 Å². The third-order valence-corrected chi connectivity index (χ3v) is 9.62. The van der Waals surface area contributed by atoms with Gasteiger partial charge in [0.2, 0.25) is 0 Å². The van der Waals surface area contributed by atoms with E-state index in [1.807, 2.05) is 26.0 Å². The maximum Gasteiger partial charge on any atom is 0.305 e. The summed E-state index contributed by atoms with van der Waals surface area (Å²) >= 11 is 0. The Morgan fingerprint density at radius 1 is 0.776 bits per heavy atom. The Hall–Kier alpha value is -4.74. The molecular weight excluding hydrogens is 661 g/mol. The molecule has 8 bridgehead atoms. The number of rotatable bonds is 9. The molecule has 2 aliphatic heterocycles. The van der Waals surface area contributed by atoms with Gasteiger partial charge in [-0.25, -0.2) is 9.97 Å². The molecule has 0 saturated carbocycles. The van der Waals surface area contributed by atoms with Crippen molar-refractivity contribution in [3.8, 4) is 6.07 Å². The fourth-order valence-corrected chi connectivity index (χ4v) is 6.85. The van der Waals surface area contributed by atoms with Crippen molar-refractivity contribution in [2.45, 2.75) is 80.1 Å². The molecule has 258 valence electrons. The molecule has 10 heteroatoms. The van der Waals surface area contributed by atoms with Gasteiger partial charge in [0.15, 0.2) is 0 Å². The van der Waals surface area contributed by atoms with E-state index in [4.69, 9.17) is 19.4 Å². The third kappa shape index (κ3) is 7.18. The number of carbonyl (C=O) groups excluding carboxylic acids is 2. The fraction of sp³-hybridized carbons (Fsp3) is 0.359. The van der Waals surface area contributed by atoms with Crippen LogP contribution in [0.15, 0.2) is 24.3 Å². The summed E-state index contributed by atoms with van der Waals surface area (Å²) < 4.78 is 9.95. The number of aromatic amines is 2. The predicted molar refractivity (Wildman–Crippen MR) is 191 cm³/mol. The Morgan fingerprint density at radius 2 is 1.37 bits per heavy atom. The average molecular weight is 704 g/mol. The second-order valence-electron chi connectivity index (χ2n) is 12.2. The van der Waals surface area contributed by atoms with E-state index in [0.29, 0.717) is 12.8 Å². The molecule has 2 aliphatic rings. The Morgan fingerprint density at radius 3 is 2.00 bits per heavy atom. The summed E-state index contributed by atoms with van der Waals surface area (Å²) in [5.41, 5.74) is 16.1. The number of carbonyl (C=O) groups is 2. The molecule has 49 heavy (non-hydrogen) atoms. The van der Waals surface area contributed by atoms with E-state index in [-0.39, 0.29) is 41.3 Å². The quantitative estimate of drug-likeness (QED) is 0.130. The number of aryl methyl sites for hydroxylation is 4. The Balaban J connectivity index is 0.00000541. The van der Waals surface area contributed by atoms with E-state index < -0.39 is 0 Å². The van der Waals surface area contributed by atoms with Crippen molar-refractivity contribution in [2.24, 2.45) is 0 Å². The second-order valence-corrected chi connectivity index (χ2v) is 12.2. The molecule has 5 rings (SSSR count). The minimum atomic E-state index is -0.286. The van der Waals surface area contributed by atoms with Crippen LogP contribution in [-0.4, -0.2) is 46.1 Å². The predicted octanol–water partition coefficient (Wildman–Crippen LogP) is 8.36. The summed E-state index contributed by atoms with van der Waals surface area (Å²) in [6.07, 6.45) is 6.31. The van der Waals surface area contributed by atoms with Crippen molar-refractivity contribution in [1.82, 2.24) is 19.9 Å². The molecule has 0 amide bonds. The molecule has 2 N–H and O–H groups in total. The zero-order valence-corrected chi connectivity index (χ0v) is 30.4. The van der Waals surface area contributed by atoms with E-state index in [2.05, 4.69) is 55.9 Å². The normalized spacial score (nSPS) is 12.7. The molecular formula is C39H43N5NiO4. The van der Waals surface area contributed by atoms with E-state index in [1.54, 1.807) is 0 Å². The number of nitrogens with zero attached hydrogens (tertiary/aromatic N) is 3. The number of hydrogen-bond donors (Lipinski definition) is 2. The number of H-pyrrole nitrogens is 2. The molecule has 0 unspecified atom stereocenters. The summed E-state index contributed by atoms with van der Waals surface area (Å²) in [4.78, 5) is 42.2. The van der Waals surface area contributed by atoms with Gasteiger partial charge in [-0.15, -0.1) is 0 Å². The number of allylic oxidation sites excluding steroid dienone is 5. The minimum absolute atomic E-state index is 0. The zero-order valence-electron chi connectivity index (χ0n) is 29.4. The molecule has 0 atom stereocenters. The first-order chi connectivity index (χ1) is 23.1. The van der Waals surface area contributed by atoms with Crippen LogP contribution < -0.4 is 0 Å². The number of methoxy groups -OCH3 is 2. The van der Waals surface area contributed by atoms with Crippen LogP contribution in [0.3, 0.4) is 0 Å². The third-order valence-electron chi connectivity index (χ3n) is 9.62. The fourth-order valence-electron chi connectivity index (χ4n) is 6.85. The van der Waals surface area contributed by atoms with Crippen molar-refractivity contribution < 1.29 is 35.6 Å². The van der Waals surface area contributed by atoms with E-state index >= 15 is 0 Å². The largest absolute Gasteiger partial charge is 0.469 e. The van der Waals surface area contributed by atoms with Gasteiger partial charge >= 0.3 is 11.9 Å². The van der Waals surface area contributed by atoms with Gasteiger partial charge in [0, 0.05) is 57.5 Å². The molecule has 9 nitrogen and oxygen atoms in total. The number of esters is 2. The van der Waals surface area contributed by atoms with Crippen molar-refractivity contribution in [1.29, 1.82) is 5.26 Å². The average Bonchev–Trinajstić information content (AvgIpc) is 3.75. The molecule has 3 aromatic heterocycles. The maximum atomic E-state index is 12.3. The molecule has 5 heterocycles. The number of aromatic nitrogens is 4. The van der Waals surface area contributed by atoms with Gasteiger partial charge in [-0.3, -0.25) is 9.59 Å². The van der Waals surface area contributed by atoms with Gasteiger partial charge in [-0.1, -0.05) is 13.8 Å². The van der Waals surface area contributed by atoms with Crippen LogP contribution in [-0.2, 0) is 48.4 Å². The topological polar surface area (TPSA) is 134 Å². The van der Waals surface area contributed by atoms with Crippen molar-refractivity contribution in [3.63, 3.8) is 0 Å². The number of ether oxygens (including phenoxy) is 2. The van der Waals surface area contributed by atoms with Gasteiger partial charge in [-0.05, 0) is 122 Å². The summed E-state index contributed by atoms with van der Waals surface area (Å²) in [5, 5.41) is 9.58. The molecule has 0 aliphatic carbocycles. The molecule has 0 radical (unpaired) electrons. The van der Waals surface area contributed by atoms with Gasteiger partial charge in [0.05, 0.1) is 48.6 Å². The first-order valence-electron chi connectivity index (χ1n) is 16.4. The molecule has 0 saturated heterocycles. The van der Waals surface area contributed by atoms with Crippen LogP contribution in [0.1, 0.15) is 104 Å². The monoisotopic (exact) mass is 703 g/mol. The van der Waals surface area contributed by atoms with Gasteiger partial charge in [0.25, 0.3) is 0 Å². The summed E-state index contributed by atoms with van der Waals surface area (Å²) in [6, 6.07) is 8.34. The Labute approximate surface area is 297 Å². The van der Waals surface area contributed by atoms with Gasteiger partial charge in [-0.2, -0.15) is 5.26 Å². The molecule has 0 spiro atoms. The molecule has 3 aromatic rings. The van der Waals surface area contributed by atoms with Crippen LogP contribution in [0.4, 0.5) is 0 Å². The molecule has 0 fully saturated rings. The van der Waals surface area contributed by atoms with Crippen molar-refractivity contribution in [2.75, 3.05) is 14.2 Å². The van der Waals surface area contributed by atoms with Gasteiger partial charge in [0.1, 0.15) is 0 Å². The smallest absolute Gasteiger partial charge is 0.305 e. The summed E-state index contributed by atoms with van der Waals surface area (Å²) in [5.74, 6) is -0.568. The SMILES string of the molecule is CCC1=C(C)c2nc1cc1[nH]c(cc3nc(cc4[nH]c(c2C=CC#N)c(CC)c4C)C(C)=C3CCC(=O)OC)c(CCC(=O)OC)c1C.[Ni]. The number of hydrogen-bond acceptors (Lipinski definition) is 7. The second kappa shape index (κ2) is 15.7. The van der Waals surface area contributed by atoms with Crippen LogP contribution in [0.25, 0.3) is 50.4 Å². The summed E-state index contributed by atoms with van der Waals surface area (Å²) in [7, 11) is 2.80. The van der Waals surface area contributed by atoms with Crippen LogP contribution in [0.2, 0.25) is 0 Å². The first-order valence-corrected chi connectivity index (χ1v) is 16.4. The Kier molecular flexibility index (Phi) is 11.8. The zero-order chi connectivity index (χ0) is 34.7. The summed E-state index contributed by atoms with van der Waals surface area (Å²) in [6.45, 7) is 12.5. The Bertz CT molecular complexity index is 2120. The van der Waals surface area contributed by atoms with Crippen molar-refractivity contribution >= 4 is 62.4 Å². The number of fused-ring (bicyclic) bond motifs is 8. The van der Waals surface area contributed by atoms with E-state index in [0.717, 1.165) is 108 Å².